The average Bonchev–Trinajstić information content (AvgIpc) is 2.48. The Labute approximate surface area is 119 Å². The molecule has 20 heavy (non-hydrogen) atoms. The number of nitrogens with zero attached hydrogens (tertiary/aromatic N) is 2. The molecule has 1 heterocycles. The van der Waals surface area contributed by atoms with Crippen LogP contribution in [0.1, 0.15) is 19.2 Å². The van der Waals surface area contributed by atoms with Crippen molar-refractivity contribution < 1.29 is 14.6 Å². The third kappa shape index (κ3) is 6.65. The normalized spacial score (nSPS) is 10.6. The number of hydrogen-bond acceptors (Lipinski definition) is 7. The van der Waals surface area contributed by atoms with Crippen molar-refractivity contribution in [1.29, 1.82) is 0 Å². The molecule has 0 aliphatic heterocycles. The lowest BCUT2D eigenvalue weighted by atomic mass is 10.4. The molecule has 0 aromatic carbocycles. The third-order valence-corrected chi connectivity index (χ3v) is 2.47. The zero-order valence-corrected chi connectivity index (χ0v) is 12.2. The number of nitrogens with one attached hydrogen (secondary N) is 2. The van der Waals surface area contributed by atoms with Crippen molar-refractivity contribution in [2.24, 2.45) is 0 Å². The highest BCUT2D eigenvalue weighted by Gasteiger charge is 2.03. The lowest BCUT2D eigenvalue weighted by Gasteiger charge is -2.10. The van der Waals surface area contributed by atoms with Gasteiger partial charge in [-0.15, -0.1) is 0 Å². The molecule has 3 N–H and O–H groups in total. The Kier molecular flexibility index (Phi) is 8.61. The molecule has 1 aromatic rings. The molecule has 0 aliphatic carbocycles. The van der Waals surface area contributed by atoms with Crippen LogP contribution >= 0.6 is 0 Å². The maximum absolute atomic E-state index is 8.58. The second kappa shape index (κ2) is 10.4. The van der Waals surface area contributed by atoms with Crippen molar-refractivity contribution in [3.8, 4) is 0 Å². The van der Waals surface area contributed by atoms with Gasteiger partial charge in [0.2, 0.25) is 0 Å². The van der Waals surface area contributed by atoms with E-state index in [1.165, 1.54) is 0 Å². The van der Waals surface area contributed by atoms with Gasteiger partial charge in [0.1, 0.15) is 18.2 Å². The monoisotopic (exact) mass is 284 g/mol. The fourth-order valence-corrected chi connectivity index (χ4v) is 1.53. The molecule has 1 rings (SSSR count). The maximum atomic E-state index is 8.58. The highest BCUT2D eigenvalue weighted by molar-refractivity contribution is 5.47. The fourth-order valence-electron chi connectivity index (χ4n) is 1.53. The van der Waals surface area contributed by atoms with Crippen LogP contribution in [0.2, 0.25) is 0 Å². The summed E-state index contributed by atoms with van der Waals surface area (Å²) in [6.45, 7) is 4.79. The van der Waals surface area contributed by atoms with Gasteiger partial charge in [0, 0.05) is 32.9 Å². The summed E-state index contributed by atoms with van der Waals surface area (Å²) < 4.78 is 10.5. The number of aliphatic hydroxyl groups excluding tert-OH is 1. The minimum Gasteiger partial charge on any atom is -0.394 e. The van der Waals surface area contributed by atoms with Gasteiger partial charge in [0.15, 0.2) is 5.82 Å². The summed E-state index contributed by atoms with van der Waals surface area (Å²) in [6, 6.07) is 1.85. The predicted octanol–water partition coefficient (Wildman–Crippen LogP) is 0.866. The van der Waals surface area contributed by atoms with Crippen molar-refractivity contribution in [1.82, 2.24) is 9.97 Å². The number of hydrogen-bond donors (Lipinski definition) is 3. The van der Waals surface area contributed by atoms with Crippen LogP contribution in [-0.4, -0.2) is 55.1 Å². The summed E-state index contributed by atoms with van der Waals surface area (Å²) >= 11 is 0. The summed E-state index contributed by atoms with van der Waals surface area (Å²) in [5.74, 6) is 2.17. The summed E-state index contributed by atoms with van der Waals surface area (Å²) in [5.41, 5.74) is 0. The van der Waals surface area contributed by atoms with Crippen LogP contribution in [0, 0.1) is 0 Å². The van der Waals surface area contributed by atoms with E-state index in [9.17, 15) is 0 Å². The van der Waals surface area contributed by atoms with Gasteiger partial charge in [-0.05, 0) is 13.3 Å². The summed E-state index contributed by atoms with van der Waals surface area (Å²) in [7, 11) is 1.82. The molecular formula is C13H24N4O3. The minimum absolute atomic E-state index is 0.0612. The van der Waals surface area contributed by atoms with E-state index in [0.717, 1.165) is 24.6 Å². The van der Waals surface area contributed by atoms with E-state index in [1.54, 1.807) is 0 Å². The van der Waals surface area contributed by atoms with Crippen LogP contribution in [-0.2, 0) is 16.1 Å². The highest BCUT2D eigenvalue weighted by atomic mass is 16.5. The first-order valence-electron chi connectivity index (χ1n) is 6.86. The molecule has 0 amide bonds. The van der Waals surface area contributed by atoms with Crippen LogP contribution in [0.5, 0.6) is 0 Å². The predicted molar refractivity (Wildman–Crippen MR) is 77.9 cm³/mol. The lowest BCUT2D eigenvalue weighted by Crippen LogP contribution is -2.11. The molecule has 0 unspecified atom stereocenters. The molecule has 0 bridgehead atoms. The minimum atomic E-state index is 0.0612. The molecule has 0 aliphatic rings. The molecule has 0 saturated heterocycles. The Morgan fingerprint density at radius 2 is 2.00 bits per heavy atom. The van der Waals surface area contributed by atoms with Gasteiger partial charge in [0.25, 0.3) is 0 Å². The topological polar surface area (TPSA) is 88.5 Å². The molecule has 0 fully saturated rings. The van der Waals surface area contributed by atoms with Crippen molar-refractivity contribution in [2.75, 3.05) is 50.7 Å². The van der Waals surface area contributed by atoms with Crippen LogP contribution in [0.15, 0.2) is 6.07 Å². The van der Waals surface area contributed by atoms with Gasteiger partial charge in [-0.2, -0.15) is 0 Å². The van der Waals surface area contributed by atoms with Crippen molar-refractivity contribution in [2.45, 2.75) is 20.0 Å². The fraction of sp³-hybridized carbons (Fsp3) is 0.692. The quantitative estimate of drug-likeness (QED) is 0.519. The van der Waals surface area contributed by atoms with E-state index in [1.807, 2.05) is 20.0 Å². The Hall–Kier alpha value is -1.44. The van der Waals surface area contributed by atoms with Crippen LogP contribution in [0.3, 0.4) is 0 Å². The van der Waals surface area contributed by atoms with Gasteiger partial charge in [-0.3, -0.25) is 0 Å². The third-order valence-electron chi connectivity index (χ3n) is 2.47. The largest absolute Gasteiger partial charge is 0.394 e. The van der Waals surface area contributed by atoms with E-state index in [-0.39, 0.29) is 6.61 Å². The van der Waals surface area contributed by atoms with Crippen molar-refractivity contribution in [3.05, 3.63) is 11.9 Å². The number of ether oxygens (including phenoxy) is 2. The molecule has 1 aromatic heterocycles. The van der Waals surface area contributed by atoms with Crippen LogP contribution in [0.25, 0.3) is 0 Å². The van der Waals surface area contributed by atoms with E-state index in [2.05, 4.69) is 20.6 Å². The zero-order chi connectivity index (χ0) is 14.6. The first-order chi connectivity index (χ1) is 9.80. The van der Waals surface area contributed by atoms with Gasteiger partial charge in [-0.1, -0.05) is 0 Å². The molecular weight excluding hydrogens is 260 g/mol. The molecule has 0 saturated carbocycles. The summed E-state index contributed by atoms with van der Waals surface area (Å²) in [5, 5.41) is 14.8. The standard InChI is InChI=1S/C13H24N4O3/c1-3-19-10-13-16-11(14-2)9-12(17-13)15-5-4-7-20-8-6-18/h9,18H,3-8,10H2,1-2H3,(H2,14,15,16,17). The van der Waals surface area contributed by atoms with Crippen molar-refractivity contribution in [3.63, 3.8) is 0 Å². The first-order valence-corrected chi connectivity index (χ1v) is 6.86. The SMILES string of the molecule is CCOCc1nc(NC)cc(NCCCOCCO)n1. The van der Waals surface area contributed by atoms with Crippen LogP contribution < -0.4 is 10.6 Å². The Morgan fingerprint density at radius 3 is 2.70 bits per heavy atom. The molecule has 0 atom stereocenters. The van der Waals surface area contributed by atoms with Gasteiger partial charge in [-0.25, -0.2) is 9.97 Å². The highest BCUT2D eigenvalue weighted by Crippen LogP contribution is 2.11. The maximum Gasteiger partial charge on any atom is 0.158 e. The molecule has 0 radical (unpaired) electrons. The van der Waals surface area contributed by atoms with E-state index in [4.69, 9.17) is 14.6 Å². The Bertz CT molecular complexity index is 377. The van der Waals surface area contributed by atoms with E-state index >= 15 is 0 Å². The number of rotatable bonds is 11. The van der Waals surface area contributed by atoms with Crippen LogP contribution in [0.4, 0.5) is 11.6 Å². The molecule has 114 valence electrons. The first kappa shape index (κ1) is 16.6. The second-order valence-corrected chi connectivity index (χ2v) is 4.06. The van der Waals surface area contributed by atoms with Crippen molar-refractivity contribution >= 4 is 11.6 Å². The average molecular weight is 284 g/mol. The van der Waals surface area contributed by atoms with Gasteiger partial charge in [0.05, 0.1) is 13.2 Å². The molecule has 0 spiro atoms. The zero-order valence-electron chi connectivity index (χ0n) is 12.2. The van der Waals surface area contributed by atoms with E-state index in [0.29, 0.717) is 32.3 Å². The van der Waals surface area contributed by atoms with E-state index < -0.39 is 0 Å². The smallest absolute Gasteiger partial charge is 0.158 e. The summed E-state index contributed by atoms with van der Waals surface area (Å²) in [6.07, 6.45) is 0.847. The van der Waals surface area contributed by atoms with Gasteiger partial charge < -0.3 is 25.2 Å². The van der Waals surface area contributed by atoms with Gasteiger partial charge >= 0.3 is 0 Å². The molecule has 7 heteroatoms. The Morgan fingerprint density at radius 1 is 1.20 bits per heavy atom. The Balaban J connectivity index is 2.42. The number of aromatic nitrogens is 2. The number of aliphatic hydroxyl groups is 1. The molecule has 7 nitrogen and oxygen atoms in total. The number of anilines is 2. The summed E-state index contributed by atoms with van der Waals surface area (Å²) in [4.78, 5) is 8.70. The second-order valence-electron chi connectivity index (χ2n) is 4.06. The lowest BCUT2D eigenvalue weighted by molar-refractivity contribution is 0.0922.